The molecule has 0 aliphatic heterocycles. The van der Waals surface area contributed by atoms with Gasteiger partial charge >= 0.3 is 0 Å². The maximum Gasteiger partial charge on any atom is 0.0705 e. The van der Waals surface area contributed by atoms with Crippen LogP contribution in [0.2, 0.25) is 0 Å². The summed E-state index contributed by atoms with van der Waals surface area (Å²) in [5, 5.41) is 0. The third kappa shape index (κ3) is 4.02. The molecule has 0 aliphatic rings. The fraction of sp³-hybridized carbons (Fsp3) is 0.538. The molecule has 0 fully saturated rings. The van der Waals surface area contributed by atoms with Gasteiger partial charge in [0.05, 0.1) is 12.6 Å². The molecular weight excluding hydrogens is 186 g/mol. The number of benzene rings is 1. The van der Waals surface area contributed by atoms with E-state index in [-0.39, 0.29) is 6.04 Å². The number of hydrogen-bond donors (Lipinski definition) is 1. The number of nitrogens with one attached hydrogen (secondary N) is 1. The highest BCUT2D eigenvalue weighted by atomic mass is 16.6. The summed E-state index contributed by atoms with van der Waals surface area (Å²) in [5.41, 5.74) is 5.66. The molecular formula is C13H21NO. The van der Waals surface area contributed by atoms with Crippen molar-refractivity contribution >= 4 is 0 Å². The second-order valence-corrected chi connectivity index (χ2v) is 4.40. The zero-order valence-electron chi connectivity index (χ0n) is 10.1. The van der Waals surface area contributed by atoms with Crippen LogP contribution in [0.1, 0.15) is 37.9 Å². The van der Waals surface area contributed by atoms with Crippen LogP contribution in [0.5, 0.6) is 0 Å². The van der Waals surface area contributed by atoms with Crippen molar-refractivity contribution < 1.29 is 4.84 Å². The molecule has 0 aliphatic carbocycles. The minimum Gasteiger partial charge on any atom is -0.301 e. The molecule has 1 rings (SSSR count). The highest BCUT2D eigenvalue weighted by molar-refractivity contribution is 5.27. The van der Waals surface area contributed by atoms with E-state index in [9.17, 15) is 0 Å². The van der Waals surface area contributed by atoms with E-state index in [0.717, 1.165) is 6.61 Å². The molecule has 0 amide bonds. The Morgan fingerprint density at radius 1 is 1.20 bits per heavy atom. The lowest BCUT2D eigenvalue weighted by molar-refractivity contribution is 0.00398. The molecule has 2 nitrogen and oxygen atoms in total. The molecule has 1 N–H and O–H groups in total. The van der Waals surface area contributed by atoms with Crippen LogP contribution in [0.15, 0.2) is 24.3 Å². The van der Waals surface area contributed by atoms with Crippen LogP contribution in [0, 0.1) is 12.8 Å². The summed E-state index contributed by atoms with van der Waals surface area (Å²) in [6.07, 6.45) is 0. The molecule has 0 bridgehead atoms. The van der Waals surface area contributed by atoms with Crippen molar-refractivity contribution in [1.29, 1.82) is 0 Å². The van der Waals surface area contributed by atoms with E-state index in [4.69, 9.17) is 4.84 Å². The Bertz CT molecular complexity index is 296. The van der Waals surface area contributed by atoms with E-state index in [0.29, 0.717) is 5.92 Å². The first-order chi connectivity index (χ1) is 7.11. The van der Waals surface area contributed by atoms with Gasteiger partial charge in [0, 0.05) is 0 Å². The number of hydroxylamine groups is 1. The maximum absolute atomic E-state index is 5.42. The van der Waals surface area contributed by atoms with E-state index in [1.165, 1.54) is 11.1 Å². The van der Waals surface area contributed by atoms with Crippen LogP contribution in [0.25, 0.3) is 0 Å². The molecule has 84 valence electrons. The Balaban J connectivity index is 2.47. The monoisotopic (exact) mass is 207 g/mol. The lowest BCUT2D eigenvalue weighted by Crippen LogP contribution is -2.22. The Labute approximate surface area is 92.6 Å². The van der Waals surface area contributed by atoms with Gasteiger partial charge in [-0.05, 0) is 30.9 Å². The van der Waals surface area contributed by atoms with E-state index >= 15 is 0 Å². The van der Waals surface area contributed by atoms with Gasteiger partial charge in [0.15, 0.2) is 0 Å². The average molecular weight is 207 g/mol. The van der Waals surface area contributed by atoms with Crippen molar-refractivity contribution in [3.63, 3.8) is 0 Å². The summed E-state index contributed by atoms with van der Waals surface area (Å²) in [5.74, 6) is 0.557. The Morgan fingerprint density at radius 2 is 1.87 bits per heavy atom. The zero-order valence-corrected chi connectivity index (χ0v) is 10.1. The highest BCUT2D eigenvalue weighted by Gasteiger charge is 2.07. The molecule has 0 radical (unpaired) electrons. The topological polar surface area (TPSA) is 21.3 Å². The van der Waals surface area contributed by atoms with Crippen LogP contribution >= 0.6 is 0 Å². The van der Waals surface area contributed by atoms with E-state index < -0.39 is 0 Å². The molecule has 0 saturated heterocycles. The first kappa shape index (κ1) is 12.2. The minimum atomic E-state index is 0.241. The normalized spacial score (nSPS) is 13.1. The van der Waals surface area contributed by atoms with Crippen LogP contribution in [-0.4, -0.2) is 6.61 Å². The zero-order chi connectivity index (χ0) is 11.3. The minimum absolute atomic E-state index is 0.241. The fourth-order valence-corrected chi connectivity index (χ4v) is 1.48. The van der Waals surface area contributed by atoms with Gasteiger partial charge < -0.3 is 4.84 Å². The van der Waals surface area contributed by atoms with Crippen LogP contribution in [-0.2, 0) is 4.84 Å². The van der Waals surface area contributed by atoms with Crippen LogP contribution in [0.3, 0.4) is 0 Å². The first-order valence-corrected chi connectivity index (χ1v) is 5.54. The maximum atomic E-state index is 5.42. The Kier molecular flexibility index (Phi) is 4.79. The molecule has 0 heterocycles. The first-order valence-electron chi connectivity index (χ1n) is 5.54. The Hall–Kier alpha value is -0.860. The third-order valence-electron chi connectivity index (χ3n) is 2.33. The molecule has 0 saturated carbocycles. The van der Waals surface area contributed by atoms with Gasteiger partial charge in [-0.2, -0.15) is 5.48 Å². The van der Waals surface area contributed by atoms with E-state index in [1.807, 2.05) is 0 Å². The van der Waals surface area contributed by atoms with Gasteiger partial charge in [-0.15, -0.1) is 0 Å². The predicted molar refractivity (Wildman–Crippen MR) is 63.5 cm³/mol. The molecule has 2 heteroatoms. The van der Waals surface area contributed by atoms with Crippen molar-refractivity contribution in [2.45, 2.75) is 33.7 Å². The molecule has 1 unspecified atom stereocenters. The van der Waals surface area contributed by atoms with Crippen molar-refractivity contribution in [2.24, 2.45) is 5.92 Å². The van der Waals surface area contributed by atoms with Gasteiger partial charge in [0.1, 0.15) is 0 Å². The van der Waals surface area contributed by atoms with Crippen molar-refractivity contribution in [1.82, 2.24) is 5.48 Å². The number of aryl methyl sites for hydroxylation is 1. The summed E-state index contributed by atoms with van der Waals surface area (Å²) in [6.45, 7) is 9.26. The van der Waals surface area contributed by atoms with Crippen molar-refractivity contribution in [2.75, 3.05) is 6.61 Å². The van der Waals surface area contributed by atoms with Crippen LogP contribution < -0.4 is 5.48 Å². The van der Waals surface area contributed by atoms with Gasteiger partial charge in [0.25, 0.3) is 0 Å². The van der Waals surface area contributed by atoms with E-state index in [1.54, 1.807) is 0 Å². The smallest absolute Gasteiger partial charge is 0.0705 e. The summed E-state index contributed by atoms with van der Waals surface area (Å²) in [7, 11) is 0. The third-order valence-corrected chi connectivity index (χ3v) is 2.33. The van der Waals surface area contributed by atoms with E-state index in [2.05, 4.69) is 57.4 Å². The average Bonchev–Trinajstić information content (AvgIpc) is 2.17. The molecule has 0 aromatic heterocycles. The summed E-state index contributed by atoms with van der Waals surface area (Å²) < 4.78 is 0. The second-order valence-electron chi connectivity index (χ2n) is 4.40. The number of hydrogen-bond acceptors (Lipinski definition) is 2. The quantitative estimate of drug-likeness (QED) is 0.748. The molecule has 1 aromatic rings. The van der Waals surface area contributed by atoms with Crippen molar-refractivity contribution in [3.05, 3.63) is 35.4 Å². The van der Waals surface area contributed by atoms with Gasteiger partial charge in [-0.1, -0.05) is 38.1 Å². The second kappa shape index (κ2) is 5.89. The molecule has 1 aromatic carbocycles. The van der Waals surface area contributed by atoms with Crippen LogP contribution in [0.4, 0.5) is 0 Å². The summed E-state index contributed by atoms with van der Waals surface area (Å²) >= 11 is 0. The van der Waals surface area contributed by atoms with Gasteiger partial charge in [-0.3, -0.25) is 0 Å². The number of rotatable bonds is 5. The fourth-order valence-electron chi connectivity index (χ4n) is 1.48. The largest absolute Gasteiger partial charge is 0.301 e. The lowest BCUT2D eigenvalue weighted by atomic mass is 10.0. The van der Waals surface area contributed by atoms with Crippen molar-refractivity contribution in [3.8, 4) is 0 Å². The standard InChI is InChI=1S/C13H21NO/c1-10(2)9-15-14-12(4)13-8-6-5-7-11(13)3/h5-8,10,12,14H,9H2,1-4H3. The lowest BCUT2D eigenvalue weighted by Gasteiger charge is -2.17. The Morgan fingerprint density at radius 3 is 2.47 bits per heavy atom. The van der Waals surface area contributed by atoms with Gasteiger partial charge in [-0.25, -0.2) is 0 Å². The highest BCUT2D eigenvalue weighted by Crippen LogP contribution is 2.16. The SMILES string of the molecule is Cc1ccccc1C(C)NOCC(C)C. The summed E-state index contributed by atoms with van der Waals surface area (Å²) in [6, 6.07) is 8.61. The molecule has 0 spiro atoms. The summed E-state index contributed by atoms with van der Waals surface area (Å²) in [4.78, 5) is 5.42. The predicted octanol–water partition coefficient (Wildman–Crippen LogP) is 3.23. The van der Waals surface area contributed by atoms with Gasteiger partial charge in [0.2, 0.25) is 0 Å². The molecule has 1 atom stereocenters. The molecule has 15 heavy (non-hydrogen) atoms.